The van der Waals surface area contributed by atoms with Gasteiger partial charge in [0.25, 0.3) is 0 Å². The van der Waals surface area contributed by atoms with Gasteiger partial charge in [-0.3, -0.25) is 4.79 Å². The van der Waals surface area contributed by atoms with E-state index in [9.17, 15) is 14.7 Å². The number of aliphatic carboxylic acids is 1. The Morgan fingerprint density at radius 1 is 1.13 bits per heavy atom. The number of fused-ring (bicyclic) bond motifs is 1. The number of hydrogen-bond acceptors (Lipinski definition) is 6. The van der Waals surface area contributed by atoms with Gasteiger partial charge >= 0.3 is 5.97 Å². The molecule has 0 bridgehead atoms. The number of hydrogen-bond donors (Lipinski definition) is 2. The molecule has 1 amide bonds. The molecule has 1 aliphatic rings. The van der Waals surface area contributed by atoms with Crippen molar-refractivity contribution in [1.82, 2.24) is 19.4 Å². The lowest BCUT2D eigenvalue weighted by molar-refractivity contribution is -0.140. The Morgan fingerprint density at radius 3 is 2.45 bits per heavy atom. The van der Waals surface area contributed by atoms with Gasteiger partial charge in [-0.2, -0.15) is 4.98 Å². The number of benzene rings is 1. The van der Waals surface area contributed by atoms with E-state index in [1.165, 1.54) is 0 Å². The molecule has 3 heterocycles. The summed E-state index contributed by atoms with van der Waals surface area (Å²) in [6.07, 6.45) is 3.90. The second-order valence-electron chi connectivity index (χ2n) is 7.62. The van der Waals surface area contributed by atoms with E-state index in [2.05, 4.69) is 20.2 Å². The van der Waals surface area contributed by atoms with Crippen LogP contribution in [0.2, 0.25) is 0 Å². The van der Waals surface area contributed by atoms with Crippen molar-refractivity contribution in [2.24, 2.45) is 0 Å². The normalized spacial score (nSPS) is 15.2. The molecule has 4 rings (SSSR count). The van der Waals surface area contributed by atoms with Gasteiger partial charge in [0.05, 0.1) is 0 Å². The van der Waals surface area contributed by atoms with E-state index in [-0.39, 0.29) is 5.91 Å². The molecule has 1 saturated heterocycles. The lowest BCUT2D eigenvalue weighted by atomic mass is 10.2. The molecule has 0 spiro atoms. The molecule has 31 heavy (non-hydrogen) atoms. The summed E-state index contributed by atoms with van der Waals surface area (Å²) in [4.78, 5) is 36.1. The van der Waals surface area contributed by atoms with Crippen LogP contribution in [0, 0.1) is 0 Å². The third-order valence-corrected chi connectivity index (χ3v) is 5.68. The summed E-state index contributed by atoms with van der Waals surface area (Å²) >= 11 is 0. The number of nitrogens with zero attached hydrogens (tertiary/aromatic N) is 5. The number of carbonyl (C=O) groups is 2. The SMILES string of the molecule is CCC(C(=O)O)n1ccc2cnc(Nc3ccc(N4CCN(C(C)=O)CC4)cc3)nc21. The molecule has 9 nitrogen and oxygen atoms in total. The lowest BCUT2D eigenvalue weighted by Gasteiger charge is -2.35. The van der Waals surface area contributed by atoms with Gasteiger partial charge in [-0.05, 0) is 36.8 Å². The molecule has 1 aromatic carbocycles. The van der Waals surface area contributed by atoms with Crippen LogP contribution < -0.4 is 10.2 Å². The highest BCUT2D eigenvalue weighted by Crippen LogP contribution is 2.24. The van der Waals surface area contributed by atoms with Crippen molar-refractivity contribution in [3.05, 3.63) is 42.7 Å². The molecule has 1 aliphatic heterocycles. The molecule has 0 aliphatic carbocycles. The number of rotatable bonds is 6. The second kappa shape index (κ2) is 8.63. The van der Waals surface area contributed by atoms with Gasteiger partial charge in [0.15, 0.2) is 0 Å². The van der Waals surface area contributed by atoms with Crippen LogP contribution in [0.15, 0.2) is 42.7 Å². The molecule has 1 atom stereocenters. The van der Waals surface area contributed by atoms with E-state index in [4.69, 9.17) is 0 Å². The van der Waals surface area contributed by atoms with Crippen molar-refractivity contribution in [3.8, 4) is 0 Å². The monoisotopic (exact) mass is 422 g/mol. The van der Waals surface area contributed by atoms with Gasteiger partial charge < -0.3 is 24.8 Å². The lowest BCUT2D eigenvalue weighted by Crippen LogP contribution is -2.48. The summed E-state index contributed by atoms with van der Waals surface area (Å²) in [7, 11) is 0. The minimum absolute atomic E-state index is 0.121. The molecule has 3 aromatic rings. The number of piperazine rings is 1. The Labute approximate surface area is 180 Å². The quantitative estimate of drug-likeness (QED) is 0.629. The molecule has 1 unspecified atom stereocenters. The fourth-order valence-corrected chi connectivity index (χ4v) is 3.90. The van der Waals surface area contributed by atoms with E-state index < -0.39 is 12.0 Å². The number of carboxylic acid groups (broad SMARTS) is 1. The molecular weight excluding hydrogens is 396 g/mol. The summed E-state index contributed by atoms with van der Waals surface area (Å²) in [6, 6.07) is 9.15. The first-order valence-corrected chi connectivity index (χ1v) is 10.4. The van der Waals surface area contributed by atoms with Crippen LogP contribution in [0.5, 0.6) is 0 Å². The van der Waals surface area contributed by atoms with Crippen molar-refractivity contribution in [3.63, 3.8) is 0 Å². The fraction of sp³-hybridized carbons (Fsp3) is 0.364. The van der Waals surface area contributed by atoms with E-state index in [1.807, 2.05) is 42.2 Å². The molecule has 1 fully saturated rings. The minimum atomic E-state index is -0.882. The average Bonchev–Trinajstić information content (AvgIpc) is 3.18. The summed E-state index contributed by atoms with van der Waals surface area (Å²) in [5.41, 5.74) is 2.53. The standard InChI is InChI=1S/C22H26N6O3/c1-3-19(21(30)31)28-9-8-16-14-23-22(25-20(16)28)24-17-4-6-18(7-5-17)27-12-10-26(11-13-27)15(2)29/h4-9,14,19H,3,10-13H2,1-2H3,(H,30,31)(H,23,24,25). The summed E-state index contributed by atoms with van der Waals surface area (Å²) in [5, 5.41) is 13.5. The highest BCUT2D eigenvalue weighted by Gasteiger charge is 2.20. The van der Waals surface area contributed by atoms with Gasteiger partial charge in [-0.25, -0.2) is 9.78 Å². The number of anilines is 3. The van der Waals surface area contributed by atoms with Crippen molar-refractivity contribution in [2.45, 2.75) is 26.3 Å². The Bertz CT molecular complexity index is 1090. The van der Waals surface area contributed by atoms with Crippen LogP contribution in [0.25, 0.3) is 11.0 Å². The number of nitrogens with one attached hydrogen (secondary N) is 1. The predicted octanol–water partition coefficient (Wildman–Crippen LogP) is 2.88. The van der Waals surface area contributed by atoms with Gasteiger partial charge in [-0.1, -0.05) is 6.92 Å². The van der Waals surface area contributed by atoms with Crippen LogP contribution in [-0.4, -0.2) is 62.6 Å². The Balaban J connectivity index is 1.48. The molecule has 2 N–H and O–H groups in total. The van der Waals surface area contributed by atoms with Gasteiger partial charge in [0, 0.05) is 62.3 Å². The maximum atomic E-state index is 11.6. The topological polar surface area (TPSA) is 104 Å². The molecular formula is C22H26N6O3. The molecule has 162 valence electrons. The van der Waals surface area contributed by atoms with Crippen molar-refractivity contribution >= 4 is 40.2 Å². The first-order valence-electron chi connectivity index (χ1n) is 10.4. The van der Waals surface area contributed by atoms with Crippen molar-refractivity contribution < 1.29 is 14.7 Å². The van der Waals surface area contributed by atoms with Crippen LogP contribution in [0.4, 0.5) is 17.3 Å². The molecule has 0 radical (unpaired) electrons. The maximum absolute atomic E-state index is 11.6. The van der Waals surface area contributed by atoms with Crippen molar-refractivity contribution in [2.75, 3.05) is 36.4 Å². The first kappa shape index (κ1) is 20.6. The summed E-state index contributed by atoms with van der Waals surface area (Å²) in [5.74, 6) is -0.348. The Hall–Kier alpha value is -3.62. The molecule has 0 saturated carbocycles. The summed E-state index contributed by atoms with van der Waals surface area (Å²) in [6.45, 7) is 6.54. The summed E-state index contributed by atoms with van der Waals surface area (Å²) < 4.78 is 1.67. The number of carboxylic acids is 1. The maximum Gasteiger partial charge on any atom is 0.326 e. The Morgan fingerprint density at radius 2 is 1.84 bits per heavy atom. The minimum Gasteiger partial charge on any atom is -0.480 e. The van der Waals surface area contributed by atoms with E-state index >= 15 is 0 Å². The van der Waals surface area contributed by atoms with E-state index in [0.717, 1.165) is 42.9 Å². The zero-order valence-corrected chi connectivity index (χ0v) is 17.7. The van der Waals surface area contributed by atoms with Crippen LogP contribution >= 0.6 is 0 Å². The van der Waals surface area contributed by atoms with Crippen LogP contribution in [0.3, 0.4) is 0 Å². The predicted molar refractivity (Wildman–Crippen MR) is 119 cm³/mol. The highest BCUT2D eigenvalue weighted by molar-refractivity contribution is 5.80. The molecule has 2 aromatic heterocycles. The smallest absolute Gasteiger partial charge is 0.326 e. The van der Waals surface area contributed by atoms with Gasteiger partial charge in [0.1, 0.15) is 11.7 Å². The van der Waals surface area contributed by atoms with E-state index in [1.54, 1.807) is 23.9 Å². The third-order valence-electron chi connectivity index (χ3n) is 5.68. The number of aromatic nitrogens is 3. The Kier molecular flexibility index (Phi) is 5.75. The average molecular weight is 422 g/mol. The number of amides is 1. The van der Waals surface area contributed by atoms with Crippen LogP contribution in [0.1, 0.15) is 26.3 Å². The zero-order valence-electron chi connectivity index (χ0n) is 17.7. The second-order valence-corrected chi connectivity index (χ2v) is 7.62. The first-order chi connectivity index (χ1) is 15.0. The van der Waals surface area contributed by atoms with E-state index in [0.29, 0.717) is 18.0 Å². The molecule has 9 heteroatoms. The van der Waals surface area contributed by atoms with Gasteiger partial charge in [-0.15, -0.1) is 0 Å². The van der Waals surface area contributed by atoms with Gasteiger partial charge in [0.2, 0.25) is 11.9 Å². The fourth-order valence-electron chi connectivity index (χ4n) is 3.90. The van der Waals surface area contributed by atoms with Crippen molar-refractivity contribution in [1.29, 1.82) is 0 Å². The highest BCUT2D eigenvalue weighted by atomic mass is 16.4. The number of carbonyl (C=O) groups excluding carboxylic acids is 1. The zero-order chi connectivity index (χ0) is 22.0. The largest absolute Gasteiger partial charge is 0.480 e. The third kappa shape index (κ3) is 4.30. The van der Waals surface area contributed by atoms with Crippen LogP contribution in [-0.2, 0) is 9.59 Å².